The lowest BCUT2D eigenvalue weighted by atomic mass is 10.1. The molecule has 6 nitrogen and oxygen atoms in total. The summed E-state index contributed by atoms with van der Waals surface area (Å²) in [6.45, 7) is 0.510. The van der Waals surface area contributed by atoms with Crippen molar-refractivity contribution in [2.45, 2.75) is 6.42 Å². The van der Waals surface area contributed by atoms with Crippen LogP contribution in [0.4, 0.5) is 5.69 Å². The van der Waals surface area contributed by atoms with Crippen LogP contribution < -0.4 is 11.1 Å². The van der Waals surface area contributed by atoms with Crippen LogP contribution in [0.1, 0.15) is 15.9 Å². The minimum atomic E-state index is -0.237. The Kier molecular flexibility index (Phi) is 3.70. The summed E-state index contributed by atoms with van der Waals surface area (Å²) in [5, 5.41) is 16.3. The number of rotatable bonds is 4. The number of phenols is 1. The van der Waals surface area contributed by atoms with E-state index in [1.807, 2.05) is 13.2 Å². The minimum absolute atomic E-state index is 0.0834. The Balaban J connectivity index is 1.89. The molecular formula is C13H16N4O2. The van der Waals surface area contributed by atoms with E-state index in [2.05, 4.69) is 10.4 Å². The molecule has 0 atom stereocenters. The summed E-state index contributed by atoms with van der Waals surface area (Å²) >= 11 is 0. The second-order valence-corrected chi connectivity index (χ2v) is 4.30. The first-order valence-corrected chi connectivity index (χ1v) is 5.90. The lowest BCUT2D eigenvalue weighted by molar-refractivity contribution is 0.0954. The van der Waals surface area contributed by atoms with Crippen LogP contribution >= 0.6 is 0 Å². The normalized spacial score (nSPS) is 10.4. The lowest BCUT2D eigenvalue weighted by Crippen LogP contribution is -2.25. The zero-order chi connectivity index (χ0) is 13.8. The molecule has 0 spiro atoms. The second kappa shape index (κ2) is 5.43. The molecule has 0 fully saturated rings. The molecule has 1 aromatic carbocycles. The summed E-state index contributed by atoms with van der Waals surface area (Å²) < 4.78 is 1.72. The number of anilines is 1. The van der Waals surface area contributed by atoms with E-state index in [0.717, 1.165) is 5.56 Å². The molecule has 0 radical (unpaired) electrons. The van der Waals surface area contributed by atoms with Crippen molar-refractivity contribution in [1.82, 2.24) is 15.1 Å². The number of phenolic OH excluding ortho intramolecular Hbond substituents is 1. The molecular weight excluding hydrogens is 244 g/mol. The van der Waals surface area contributed by atoms with E-state index in [1.165, 1.54) is 12.1 Å². The molecule has 0 aliphatic rings. The van der Waals surface area contributed by atoms with E-state index in [4.69, 9.17) is 5.73 Å². The minimum Gasteiger partial charge on any atom is -0.506 e. The molecule has 0 saturated heterocycles. The van der Waals surface area contributed by atoms with Crippen molar-refractivity contribution in [2.75, 3.05) is 12.3 Å². The predicted octanol–water partition coefficient (Wildman–Crippen LogP) is 0.680. The monoisotopic (exact) mass is 260 g/mol. The van der Waals surface area contributed by atoms with E-state index in [-0.39, 0.29) is 17.3 Å². The van der Waals surface area contributed by atoms with Crippen molar-refractivity contribution in [2.24, 2.45) is 7.05 Å². The number of aromatic nitrogens is 2. The fourth-order valence-electron chi connectivity index (χ4n) is 1.71. The Morgan fingerprint density at radius 2 is 2.32 bits per heavy atom. The van der Waals surface area contributed by atoms with Gasteiger partial charge >= 0.3 is 0 Å². The van der Waals surface area contributed by atoms with Gasteiger partial charge in [0.15, 0.2) is 0 Å². The molecule has 6 heteroatoms. The van der Waals surface area contributed by atoms with Gasteiger partial charge in [0.25, 0.3) is 5.91 Å². The van der Waals surface area contributed by atoms with Crippen molar-refractivity contribution in [1.29, 1.82) is 0 Å². The number of carbonyl (C=O) groups excluding carboxylic acids is 1. The average molecular weight is 260 g/mol. The van der Waals surface area contributed by atoms with Crippen LogP contribution in [-0.2, 0) is 13.5 Å². The zero-order valence-corrected chi connectivity index (χ0v) is 10.6. The topological polar surface area (TPSA) is 93.2 Å². The van der Waals surface area contributed by atoms with E-state index < -0.39 is 0 Å². The number of aromatic hydroxyl groups is 1. The highest BCUT2D eigenvalue weighted by Gasteiger charge is 2.07. The van der Waals surface area contributed by atoms with E-state index in [1.54, 1.807) is 16.9 Å². The van der Waals surface area contributed by atoms with Gasteiger partial charge < -0.3 is 16.2 Å². The van der Waals surface area contributed by atoms with Crippen LogP contribution in [0, 0.1) is 0 Å². The summed E-state index contributed by atoms with van der Waals surface area (Å²) in [5.74, 6) is -0.320. The largest absolute Gasteiger partial charge is 0.506 e. The second-order valence-electron chi connectivity index (χ2n) is 4.30. The number of nitrogens with one attached hydrogen (secondary N) is 1. The maximum Gasteiger partial charge on any atom is 0.251 e. The molecule has 0 aliphatic heterocycles. The molecule has 2 rings (SSSR count). The molecule has 4 N–H and O–H groups in total. The highest BCUT2D eigenvalue weighted by molar-refractivity contribution is 5.95. The highest BCUT2D eigenvalue weighted by Crippen LogP contribution is 2.20. The molecule has 2 aromatic rings. The molecule has 0 bridgehead atoms. The van der Waals surface area contributed by atoms with Gasteiger partial charge in [-0.05, 0) is 30.2 Å². The van der Waals surface area contributed by atoms with Crippen LogP contribution in [0.25, 0.3) is 0 Å². The fourth-order valence-corrected chi connectivity index (χ4v) is 1.71. The maximum absolute atomic E-state index is 11.8. The number of hydrogen-bond acceptors (Lipinski definition) is 4. The number of aryl methyl sites for hydroxylation is 1. The Morgan fingerprint density at radius 3 is 2.95 bits per heavy atom. The van der Waals surface area contributed by atoms with Crippen molar-refractivity contribution in [3.63, 3.8) is 0 Å². The van der Waals surface area contributed by atoms with E-state index >= 15 is 0 Å². The molecule has 0 unspecified atom stereocenters. The summed E-state index contributed by atoms with van der Waals surface area (Å²) in [6, 6.07) is 4.44. The molecule has 0 saturated carbocycles. The molecule has 1 heterocycles. The summed E-state index contributed by atoms with van der Waals surface area (Å²) in [4.78, 5) is 11.8. The van der Waals surface area contributed by atoms with Gasteiger partial charge in [-0.2, -0.15) is 5.10 Å². The van der Waals surface area contributed by atoms with Gasteiger partial charge in [0.05, 0.1) is 11.9 Å². The van der Waals surface area contributed by atoms with Crippen LogP contribution in [0.2, 0.25) is 0 Å². The zero-order valence-electron chi connectivity index (χ0n) is 10.6. The predicted molar refractivity (Wildman–Crippen MR) is 71.8 cm³/mol. The Hall–Kier alpha value is -2.50. The standard InChI is InChI=1S/C13H16N4O2/c1-17-8-9(7-16-17)4-5-15-13(19)10-2-3-11(14)12(18)6-10/h2-3,6-8,18H,4-5,14H2,1H3,(H,15,19). The number of nitrogens with zero attached hydrogens (tertiary/aromatic N) is 2. The molecule has 1 amide bonds. The maximum atomic E-state index is 11.8. The van der Waals surface area contributed by atoms with Crippen molar-refractivity contribution < 1.29 is 9.90 Å². The van der Waals surface area contributed by atoms with Gasteiger partial charge in [-0.15, -0.1) is 0 Å². The van der Waals surface area contributed by atoms with Crippen LogP contribution in [0.15, 0.2) is 30.6 Å². The highest BCUT2D eigenvalue weighted by atomic mass is 16.3. The third kappa shape index (κ3) is 3.25. The first-order valence-electron chi connectivity index (χ1n) is 5.90. The number of hydrogen-bond donors (Lipinski definition) is 3. The quantitative estimate of drug-likeness (QED) is 0.556. The number of carbonyl (C=O) groups is 1. The molecule has 1 aromatic heterocycles. The Bertz CT molecular complexity index is 592. The summed E-state index contributed by atoms with van der Waals surface area (Å²) in [6.07, 6.45) is 4.38. The SMILES string of the molecule is Cn1cc(CCNC(=O)c2ccc(N)c(O)c2)cn1. The van der Waals surface area contributed by atoms with Crippen LogP contribution in [-0.4, -0.2) is 27.3 Å². The fraction of sp³-hybridized carbons (Fsp3) is 0.231. The van der Waals surface area contributed by atoms with Crippen molar-refractivity contribution in [3.05, 3.63) is 41.7 Å². The van der Waals surface area contributed by atoms with E-state index in [0.29, 0.717) is 18.5 Å². The van der Waals surface area contributed by atoms with Crippen LogP contribution in [0.3, 0.4) is 0 Å². The van der Waals surface area contributed by atoms with Gasteiger partial charge in [-0.25, -0.2) is 0 Å². The number of nitrogens with two attached hydrogens (primary N) is 1. The van der Waals surface area contributed by atoms with Crippen molar-refractivity contribution >= 4 is 11.6 Å². The molecule has 19 heavy (non-hydrogen) atoms. The summed E-state index contributed by atoms with van der Waals surface area (Å²) in [7, 11) is 1.85. The van der Waals surface area contributed by atoms with Gasteiger partial charge in [-0.1, -0.05) is 0 Å². The average Bonchev–Trinajstić information content (AvgIpc) is 2.78. The summed E-state index contributed by atoms with van der Waals surface area (Å²) in [5.41, 5.74) is 7.18. The lowest BCUT2D eigenvalue weighted by Gasteiger charge is -2.05. The third-order valence-corrected chi connectivity index (χ3v) is 2.75. The first-order chi connectivity index (χ1) is 9.06. The van der Waals surface area contributed by atoms with Gasteiger partial charge in [0, 0.05) is 25.4 Å². The third-order valence-electron chi connectivity index (χ3n) is 2.75. The number of nitrogen functional groups attached to an aromatic ring is 1. The number of amides is 1. The Labute approximate surface area is 110 Å². The van der Waals surface area contributed by atoms with Gasteiger partial charge in [0.1, 0.15) is 5.75 Å². The molecule has 0 aliphatic carbocycles. The smallest absolute Gasteiger partial charge is 0.251 e. The first kappa shape index (κ1) is 12.9. The number of benzene rings is 1. The van der Waals surface area contributed by atoms with Crippen molar-refractivity contribution in [3.8, 4) is 5.75 Å². The Morgan fingerprint density at radius 1 is 1.53 bits per heavy atom. The molecule has 100 valence electrons. The van der Waals surface area contributed by atoms with Gasteiger partial charge in [-0.3, -0.25) is 9.48 Å². The van der Waals surface area contributed by atoms with Gasteiger partial charge in [0.2, 0.25) is 0 Å². The van der Waals surface area contributed by atoms with E-state index in [9.17, 15) is 9.90 Å². The van der Waals surface area contributed by atoms with Crippen LogP contribution in [0.5, 0.6) is 5.75 Å².